The number of hydrogen-bond donors (Lipinski definition) is 1. The van der Waals surface area contributed by atoms with E-state index in [1.54, 1.807) is 20.8 Å². The third kappa shape index (κ3) is 5.46. The predicted molar refractivity (Wildman–Crippen MR) is 108 cm³/mol. The average Bonchev–Trinajstić information content (AvgIpc) is 2.65. The maximum atomic E-state index is 13.0. The van der Waals surface area contributed by atoms with Crippen molar-refractivity contribution in [2.45, 2.75) is 38.2 Å². The smallest absolute Gasteiger partial charge is 0.416 e. The van der Waals surface area contributed by atoms with Crippen LogP contribution < -0.4 is 14.4 Å². The number of hydrogen-bond acceptors (Lipinski definition) is 5. The molecule has 3 rings (SSSR count). The lowest BCUT2D eigenvalue weighted by atomic mass is 10.1. The molecule has 0 bridgehead atoms. The van der Waals surface area contributed by atoms with Gasteiger partial charge in [-0.1, -0.05) is 12.1 Å². The number of nitrogens with zero attached hydrogens (tertiary/aromatic N) is 2. The second-order valence-corrected chi connectivity index (χ2v) is 10.0. The third-order valence-corrected chi connectivity index (χ3v) is 6.10. The summed E-state index contributed by atoms with van der Waals surface area (Å²) < 4.78 is 70.8. The lowest BCUT2D eigenvalue weighted by Crippen LogP contribution is -2.41. The summed E-state index contributed by atoms with van der Waals surface area (Å²) in [7, 11) is -3.98. The Morgan fingerprint density at radius 1 is 1.19 bits per heavy atom. The van der Waals surface area contributed by atoms with E-state index in [0.717, 1.165) is 28.6 Å². The molecule has 0 saturated heterocycles. The fourth-order valence-corrected chi connectivity index (χ4v) is 4.53. The minimum atomic E-state index is -4.50. The van der Waals surface area contributed by atoms with Crippen LogP contribution in [0.2, 0.25) is 0 Å². The highest BCUT2D eigenvalue weighted by Gasteiger charge is 2.32. The number of carbonyl (C=O) groups excluding carboxylic acids is 1. The third-order valence-electron chi connectivity index (χ3n) is 4.35. The van der Waals surface area contributed by atoms with Crippen molar-refractivity contribution in [1.82, 2.24) is 10.3 Å². The van der Waals surface area contributed by atoms with Crippen LogP contribution in [-0.2, 0) is 22.0 Å². The number of halogens is 3. The summed E-state index contributed by atoms with van der Waals surface area (Å²) in [6, 6.07) is 5.33. The van der Waals surface area contributed by atoms with E-state index >= 15 is 0 Å². The van der Waals surface area contributed by atoms with Gasteiger partial charge in [-0.25, -0.2) is 13.4 Å². The molecule has 168 valence electrons. The van der Waals surface area contributed by atoms with E-state index in [-0.39, 0.29) is 35.8 Å². The van der Waals surface area contributed by atoms with Crippen molar-refractivity contribution in [2.24, 2.45) is 0 Å². The molecule has 11 heteroatoms. The molecule has 1 aromatic carbocycles. The van der Waals surface area contributed by atoms with E-state index in [1.165, 1.54) is 12.3 Å². The molecule has 1 aliphatic rings. The van der Waals surface area contributed by atoms with Crippen LogP contribution in [0, 0.1) is 0 Å². The van der Waals surface area contributed by atoms with Crippen LogP contribution in [-0.4, -0.2) is 38.0 Å². The van der Waals surface area contributed by atoms with E-state index < -0.39 is 39.0 Å². The van der Waals surface area contributed by atoms with Crippen molar-refractivity contribution >= 4 is 21.6 Å². The lowest BCUT2D eigenvalue weighted by Gasteiger charge is -2.30. The van der Waals surface area contributed by atoms with E-state index in [2.05, 4.69) is 10.3 Å². The molecule has 0 atom stereocenters. The summed E-state index contributed by atoms with van der Waals surface area (Å²) in [5.74, 6) is -0.869. The monoisotopic (exact) mass is 457 g/mol. The molecule has 0 saturated carbocycles. The lowest BCUT2D eigenvalue weighted by molar-refractivity contribution is -0.137. The zero-order chi connectivity index (χ0) is 23.0. The van der Waals surface area contributed by atoms with Gasteiger partial charge in [0.05, 0.1) is 23.4 Å². The van der Waals surface area contributed by atoms with Gasteiger partial charge in [-0.2, -0.15) is 13.2 Å². The summed E-state index contributed by atoms with van der Waals surface area (Å²) >= 11 is 0. The minimum Gasteiger partial charge on any atom is -0.474 e. The van der Waals surface area contributed by atoms with Crippen molar-refractivity contribution in [3.05, 3.63) is 53.2 Å². The van der Waals surface area contributed by atoms with E-state index in [9.17, 15) is 26.4 Å². The van der Waals surface area contributed by atoms with Gasteiger partial charge in [0.25, 0.3) is 5.91 Å². The van der Waals surface area contributed by atoms with Gasteiger partial charge in [0.1, 0.15) is 12.3 Å². The van der Waals surface area contributed by atoms with Crippen LogP contribution >= 0.6 is 0 Å². The minimum absolute atomic E-state index is 0.0119. The van der Waals surface area contributed by atoms with E-state index in [4.69, 9.17) is 4.74 Å². The first-order chi connectivity index (χ1) is 14.3. The molecule has 1 aliphatic heterocycles. The number of rotatable bonds is 4. The van der Waals surface area contributed by atoms with Crippen LogP contribution in [0.3, 0.4) is 0 Å². The average molecular weight is 457 g/mol. The molecule has 0 spiro atoms. The second-order valence-electron chi connectivity index (χ2n) is 8.12. The first-order valence-electron chi connectivity index (χ1n) is 9.38. The van der Waals surface area contributed by atoms with Crippen molar-refractivity contribution in [3.63, 3.8) is 0 Å². The maximum absolute atomic E-state index is 13.0. The van der Waals surface area contributed by atoms with Crippen molar-refractivity contribution in [2.75, 3.05) is 17.5 Å². The number of anilines is 1. The highest BCUT2D eigenvalue weighted by Crippen LogP contribution is 2.34. The van der Waals surface area contributed by atoms with Gasteiger partial charge < -0.3 is 10.1 Å². The molecule has 7 nitrogen and oxygen atoms in total. The Hall–Kier alpha value is -2.82. The van der Waals surface area contributed by atoms with Crippen LogP contribution in [0.15, 0.2) is 36.5 Å². The Kier molecular flexibility index (Phi) is 5.92. The van der Waals surface area contributed by atoms with Gasteiger partial charge >= 0.3 is 6.18 Å². The molecule has 2 aromatic rings. The van der Waals surface area contributed by atoms with Crippen LogP contribution in [0.1, 0.15) is 42.3 Å². The van der Waals surface area contributed by atoms with E-state index in [1.807, 2.05) is 0 Å². The number of alkyl halides is 3. The zero-order valence-corrected chi connectivity index (χ0v) is 18.0. The molecular formula is C20H22F3N3O4S. The first kappa shape index (κ1) is 22.9. The Labute approximate surface area is 178 Å². The Morgan fingerprint density at radius 2 is 1.84 bits per heavy atom. The molecule has 2 heterocycles. The predicted octanol–water partition coefficient (Wildman–Crippen LogP) is 3.36. The van der Waals surface area contributed by atoms with Gasteiger partial charge in [0.2, 0.25) is 15.9 Å². The van der Waals surface area contributed by atoms with Crippen molar-refractivity contribution in [1.29, 1.82) is 0 Å². The number of fused-ring (bicyclic) bond motifs is 1. The normalized spacial score (nSPS) is 14.6. The molecule has 0 aliphatic carbocycles. The number of carbonyl (C=O) groups is 1. The Morgan fingerprint density at radius 3 is 2.42 bits per heavy atom. The topological polar surface area (TPSA) is 88.6 Å². The quantitative estimate of drug-likeness (QED) is 0.761. The van der Waals surface area contributed by atoms with E-state index in [0.29, 0.717) is 0 Å². The van der Waals surface area contributed by atoms with Crippen molar-refractivity contribution in [3.8, 4) is 5.88 Å². The van der Waals surface area contributed by atoms with Crippen molar-refractivity contribution < 1.29 is 31.1 Å². The maximum Gasteiger partial charge on any atom is 0.416 e. The first-order valence-corrected chi connectivity index (χ1v) is 11.0. The summed E-state index contributed by atoms with van der Waals surface area (Å²) in [5, 5.41) is 2.77. The molecule has 1 aromatic heterocycles. The van der Waals surface area contributed by atoms with Crippen LogP contribution in [0.25, 0.3) is 0 Å². The highest BCUT2D eigenvalue weighted by molar-refractivity contribution is 7.92. The molecular weight excluding hydrogens is 435 g/mol. The highest BCUT2D eigenvalue weighted by atomic mass is 32.2. The van der Waals surface area contributed by atoms with Crippen LogP contribution in [0.4, 0.5) is 18.9 Å². The number of nitrogens with one attached hydrogen (secondary N) is 1. The number of benzene rings is 1. The Bertz CT molecular complexity index is 1080. The molecule has 31 heavy (non-hydrogen) atoms. The fraction of sp³-hybridized carbons (Fsp3) is 0.400. The summed E-state index contributed by atoms with van der Waals surface area (Å²) in [6.07, 6.45) is -3.21. The number of ether oxygens (including phenoxy) is 1. The van der Waals surface area contributed by atoms with Gasteiger partial charge in [-0.3, -0.25) is 9.10 Å². The molecule has 0 fully saturated rings. The SMILES string of the molecule is CC(C)(C)NC(=O)c1cnc2c(c1)N(S(=O)(=O)Cc1ccc(C(F)(F)F)cc1)CCO2. The standard InChI is InChI=1S/C20H22F3N3O4S/c1-19(2,3)25-17(27)14-10-16-18(24-11-14)30-9-8-26(16)31(28,29)12-13-4-6-15(7-5-13)20(21,22)23/h4-7,10-11H,8-9,12H2,1-3H3,(H,25,27). The molecule has 0 unspecified atom stereocenters. The molecule has 0 radical (unpaired) electrons. The summed E-state index contributed by atoms with van der Waals surface area (Å²) in [4.78, 5) is 16.5. The largest absolute Gasteiger partial charge is 0.474 e. The molecule has 1 amide bonds. The van der Waals surface area contributed by atoms with Crippen LogP contribution in [0.5, 0.6) is 5.88 Å². The number of aromatic nitrogens is 1. The number of amides is 1. The van der Waals surface area contributed by atoms with Gasteiger partial charge in [-0.15, -0.1) is 0 Å². The number of sulfonamides is 1. The van der Waals surface area contributed by atoms with Gasteiger partial charge in [-0.05, 0) is 44.5 Å². The fourth-order valence-electron chi connectivity index (χ4n) is 2.98. The van der Waals surface area contributed by atoms with Gasteiger partial charge in [0, 0.05) is 11.7 Å². The van der Waals surface area contributed by atoms with Gasteiger partial charge in [0.15, 0.2) is 0 Å². The zero-order valence-electron chi connectivity index (χ0n) is 17.2. The Balaban J connectivity index is 1.88. The summed E-state index contributed by atoms with van der Waals surface area (Å²) in [5.41, 5.74) is -0.883. The number of pyridine rings is 1. The summed E-state index contributed by atoms with van der Waals surface area (Å²) in [6.45, 7) is 5.46. The molecule has 1 N–H and O–H groups in total. The second kappa shape index (κ2) is 8.03.